The number of fused-ring (bicyclic) bond motifs is 1. The third kappa shape index (κ3) is 4.17. The quantitative estimate of drug-likeness (QED) is 0.445. The van der Waals surface area contributed by atoms with Crippen LogP contribution >= 0.6 is 0 Å². The summed E-state index contributed by atoms with van der Waals surface area (Å²) in [4.78, 5) is 20.9. The standard InChI is InChI=1S/C21H24F3N5O5S2/c1-5-29-16(21(22,23)24)10-14-18(20(29)30)27(3)19(26-14)17-15(35(31,32)6-2)9-12(11-25-17)28(4)36(33,34)13-7-8-13/h9-11,13H,5-8H2,1-4H3. The molecule has 196 valence electrons. The van der Waals surface area contributed by atoms with E-state index in [0.29, 0.717) is 17.4 Å². The minimum Gasteiger partial charge on any atom is -0.321 e. The number of aryl methyl sites for hydroxylation is 1. The van der Waals surface area contributed by atoms with E-state index in [1.54, 1.807) is 0 Å². The van der Waals surface area contributed by atoms with E-state index in [1.165, 1.54) is 32.5 Å². The lowest BCUT2D eigenvalue weighted by Crippen LogP contribution is -2.30. The van der Waals surface area contributed by atoms with Gasteiger partial charge in [-0.1, -0.05) is 6.92 Å². The molecule has 0 aromatic carbocycles. The highest BCUT2D eigenvalue weighted by molar-refractivity contribution is 7.93. The SMILES string of the molecule is CCn1c(C(F)(F)F)cc2nc(-c3ncc(N(C)S(=O)(=O)C4CC4)cc3S(=O)(=O)CC)n(C)c2c1=O. The molecule has 1 aliphatic carbocycles. The van der Waals surface area contributed by atoms with Gasteiger partial charge in [-0.05, 0) is 31.9 Å². The normalized spacial score (nSPS) is 15.0. The van der Waals surface area contributed by atoms with Gasteiger partial charge in [0.15, 0.2) is 15.7 Å². The molecule has 1 fully saturated rings. The number of aromatic nitrogens is 4. The van der Waals surface area contributed by atoms with Gasteiger partial charge in [-0.25, -0.2) is 26.8 Å². The van der Waals surface area contributed by atoms with Crippen LogP contribution in [0.5, 0.6) is 0 Å². The van der Waals surface area contributed by atoms with Gasteiger partial charge in [-0.3, -0.25) is 9.10 Å². The summed E-state index contributed by atoms with van der Waals surface area (Å²) in [6, 6.07) is 1.90. The Kier molecular flexibility index (Phi) is 6.22. The van der Waals surface area contributed by atoms with Gasteiger partial charge >= 0.3 is 6.18 Å². The summed E-state index contributed by atoms with van der Waals surface area (Å²) in [5.41, 5.74) is -2.72. The van der Waals surface area contributed by atoms with Crippen molar-refractivity contribution in [2.75, 3.05) is 17.1 Å². The average Bonchev–Trinajstić information content (AvgIpc) is 3.62. The maximum Gasteiger partial charge on any atom is 0.431 e. The first kappa shape index (κ1) is 26.1. The second-order valence-electron chi connectivity index (χ2n) is 8.46. The fraction of sp³-hybridized carbons (Fsp3) is 0.476. The van der Waals surface area contributed by atoms with Crippen molar-refractivity contribution < 1.29 is 30.0 Å². The summed E-state index contributed by atoms with van der Waals surface area (Å²) >= 11 is 0. The van der Waals surface area contributed by atoms with E-state index >= 15 is 0 Å². The van der Waals surface area contributed by atoms with Crippen LogP contribution < -0.4 is 9.86 Å². The van der Waals surface area contributed by atoms with E-state index in [1.807, 2.05) is 0 Å². The van der Waals surface area contributed by atoms with Crippen LogP contribution in [0.3, 0.4) is 0 Å². The molecule has 3 heterocycles. The van der Waals surface area contributed by atoms with Crippen molar-refractivity contribution in [3.8, 4) is 11.5 Å². The average molecular weight is 548 g/mol. The maximum atomic E-state index is 13.6. The monoisotopic (exact) mass is 547 g/mol. The van der Waals surface area contributed by atoms with Crippen molar-refractivity contribution in [2.24, 2.45) is 7.05 Å². The molecule has 0 N–H and O–H groups in total. The van der Waals surface area contributed by atoms with Crippen molar-refractivity contribution in [1.29, 1.82) is 0 Å². The molecular weight excluding hydrogens is 523 g/mol. The molecule has 36 heavy (non-hydrogen) atoms. The number of pyridine rings is 2. The van der Waals surface area contributed by atoms with Gasteiger partial charge in [0.2, 0.25) is 10.0 Å². The Labute approximate surface area is 205 Å². The number of imidazole rings is 1. The molecule has 0 saturated heterocycles. The van der Waals surface area contributed by atoms with Crippen molar-refractivity contribution in [1.82, 2.24) is 19.1 Å². The zero-order chi connectivity index (χ0) is 26.8. The molecule has 3 aromatic rings. The maximum absolute atomic E-state index is 13.6. The highest BCUT2D eigenvalue weighted by atomic mass is 32.2. The summed E-state index contributed by atoms with van der Waals surface area (Å²) in [5.74, 6) is -0.495. The van der Waals surface area contributed by atoms with Crippen molar-refractivity contribution in [2.45, 2.75) is 49.6 Å². The molecule has 0 aliphatic heterocycles. The summed E-state index contributed by atoms with van der Waals surface area (Å²) in [7, 11) is -5.02. The molecule has 0 unspecified atom stereocenters. The van der Waals surface area contributed by atoms with Crippen LogP contribution in [0.2, 0.25) is 0 Å². The number of halogens is 3. The van der Waals surface area contributed by atoms with E-state index < -0.39 is 42.5 Å². The molecule has 0 radical (unpaired) electrons. The van der Waals surface area contributed by atoms with E-state index in [0.717, 1.165) is 22.6 Å². The number of anilines is 1. The predicted molar refractivity (Wildman–Crippen MR) is 127 cm³/mol. The molecule has 10 nitrogen and oxygen atoms in total. The number of sulfone groups is 1. The Hall–Kier alpha value is -2.94. The molecule has 15 heteroatoms. The van der Waals surface area contributed by atoms with Gasteiger partial charge in [-0.15, -0.1) is 0 Å². The molecule has 0 bridgehead atoms. The Morgan fingerprint density at radius 3 is 2.31 bits per heavy atom. The van der Waals surface area contributed by atoms with Gasteiger partial charge in [0, 0.05) is 20.6 Å². The summed E-state index contributed by atoms with van der Waals surface area (Å²) in [5, 5.41) is -0.545. The second kappa shape index (κ2) is 8.57. The van der Waals surface area contributed by atoms with Gasteiger partial charge in [0.25, 0.3) is 5.56 Å². The fourth-order valence-electron chi connectivity index (χ4n) is 3.98. The molecule has 0 atom stereocenters. The van der Waals surface area contributed by atoms with Gasteiger partial charge in [-0.2, -0.15) is 13.2 Å². The molecule has 1 aliphatic rings. The summed E-state index contributed by atoms with van der Waals surface area (Å²) < 4.78 is 94.8. The van der Waals surface area contributed by atoms with Gasteiger partial charge in [0.05, 0.1) is 33.3 Å². The van der Waals surface area contributed by atoms with Crippen LogP contribution in [0.1, 0.15) is 32.4 Å². The van der Waals surface area contributed by atoms with E-state index in [4.69, 9.17) is 0 Å². The third-order valence-corrected chi connectivity index (χ3v) is 10.2. The second-order valence-corrected chi connectivity index (χ2v) is 13.0. The van der Waals surface area contributed by atoms with E-state index in [2.05, 4.69) is 9.97 Å². The summed E-state index contributed by atoms with van der Waals surface area (Å²) in [6.45, 7) is 2.55. The first-order valence-electron chi connectivity index (χ1n) is 11.0. The molecule has 0 amide bonds. The Morgan fingerprint density at radius 1 is 1.14 bits per heavy atom. The predicted octanol–water partition coefficient (Wildman–Crippen LogP) is 2.56. The van der Waals surface area contributed by atoms with Gasteiger partial charge in [0.1, 0.15) is 16.9 Å². The van der Waals surface area contributed by atoms with Crippen LogP contribution in [0.25, 0.3) is 22.6 Å². The first-order chi connectivity index (χ1) is 16.6. The number of nitrogens with zero attached hydrogens (tertiary/aromatic N) is 5. The smallest absolute Gasteiger partial charge is 0.321 e. The fourth-order valence-corrected chi connectivity index (χ4v) is 6.60. The molecule has 0 spiro atoms. The lowest BCUT2D eigenvalue weighted by atomic mass is 10.3. The zero-order valence-corrected chi connectivity index (χ0v) is 21.5. The zero-order valence-electron chi connectivity index (χ0n) is 19.9. The number of hydrogen-bond donors (Lipinski definition) is 0. The highest BCUT2D eigenvalue weighted by Gasteiger charge is 2.40. The molecule has 4 rings (SSSR count). The highest BCUT2D eigenvalue weighted by Crippen LogP contribution is 2.36. The first-order valence-corrected chi connectivity index (χ1v) is 14.2. The van der Waals surface area contributed by atoms with Crippen molar-refractivity contribution in [3.05, 3.63) is 34.4 Å². The number of alkyl halides is 3. The van der Waals surface area contributed by atoms with Crippen molar-refractivity contribution in [3.63, 3.8) is 0 Å². The topological polar surface area (TPSA) is 124 Å². The number of hydrogen-bond acceptors (Lipinski definition) is 7. The molecule has 3 aromatic heterocycles. The minimum absolute atomic E-state index is 0.0177. The third-order valence-electron chi connectivity index (χ3n) is 6.20. The van der Waals surface area contributed by atoms with E-state index in [-0.39, 0.29) is 45.4 Å². The number of sulfonamides is 1. The molecular formula is C21H24F3N5O5S2. The van der Waals surface area contributed by atoms with Crippen LogP contribution in [-0.2, 0) is 39.6 Å². The van der Waals surface area contributed by atoms with Crippen LogP contribution in [-0.4, -0.2) is 54.0 Å². The summed E-state index contributed by atoms with van der Waals surface area (Å²) in [6.07, 6.45) is -2.63. The largest absolute Gasteiger partial charge is 0.431 e. The lowest BCUT2D eigenvalue weighted by Gasteiger charge is -2.20. The van der Waals surface area contributed by atoms with Crippen molar-refractivity contribution >= 4 is 36.6 Å². The Bertz CT molecular complexity index is 1640. The number of rotatable bonds is 7. The lowest BCUT2D eigenvalue weighted by molar-refractivity contribution is -0.144. The Morgan fingerprint density at radius 2 is 1.78 bits per heavy atom. The van der Waals surface area contributed by atoms with Gasteiger partial charge < -0.3 is 9.13 Å². The van der Waals surface area contributed by atoms with Crippen LogP contribution in [0.4, 0.5) is 18.9 Å². The van der Waals surface area contributed by atoms with Crippen LogP contribution in [0, 0.1) is 0 Å². The molecule has 1 saturated carbocycles. The minimum atomic E-state index is -4.81. The van der Waals surface area contributed by atoms with E-state index in [9.17, 15) is 34.8 Å². The Balaban J connectivity index is 1.98. The van der Waals surface area contributed by atoms with Crippen LogP contribution in [0.15, 0.2) is 28.0 Å².